The predicted octanol–water partition coefficient (Wildman–Crippen LogP) is -0.612. The van der Waals surface area contributed by atoms with Gasteiger partial charge in [0.25, 0.3) is 5.56 Å². The maximum absolute atomic E-state index is 12.9. The van der Waals surface area contributed by atoms with Crippen LogP contribution in [0.2, 0.25) is 0 Å². The number of aromatic nitrogens is 2. The number of carbonyl (C=O) groups is 1. The Morgan fingerprint density at radius 3 is 2.67 bits per heavy atom. The average molecular weight is 323 g/mol. The third-order valence-corrected chi connectivity index (χ3v) is 4.15. The standard InChI is InChI=1S/C15H9N5O4/c16-5-7-10(17)24-12-9(11(21)19-14(23)20-12)15(7)6-3-1-2-4-8(6)18-13(15)22/h1-4H,17H2,(H,18,22)(H2,19,20,21,23)/t15-/m0/s1. The van der Waals surface area contributed by atoms with Crippen LogP contribution >= 0.6 is 0 Å². The summed E-state index contributed by atoms with van der Waals surface area (Å²) in [5, 5.41) is 12.2. The van der Waals surface area contributed by atoms with Gasteiger partial charge in [0.15, 0.2) is 5.41 Å². The van der Waals surface area contributed by atoms with Gasteiger partial charge in [-0.2, -0.15) is 5.26 Å². The van der Waals surface area contributed by atoms with E-state index >= 15 is 0 Å². The topological polar surface area (TPSA) is 154 Å². The molecule has 0 fully saturated rings. The molecule has 1 amide bonds. The molecule has 4 rings (SSSR count). The number of fused-ring (bicyclic) bond motifs is 4. The lowest BCUT2D eigenvalue weighted by Gasteiger charge is -2.31. The summed E-state index contributed by atoms with van der Waals surface area (Å²) < 4.78 is 5.23. The number of aromatic amines is 2. The van der Waals surface area contributed by atoms with Gasteiger partial charge in [-0.05, 0) is 6.07 Å². The summed E-state index contributed by atoms with van der Waals surface area (Å²) in [4.78, 5) is 41.2. The highest BCUT2D eigenvalue weighted by molar-refractivity contribution is 6.12. The van der Waals surface area contributed by atoms with Crippen LogP contribution in [0.5, 0.6) is 5.88 Å². The number of carbonyl (C=O) groups excluding carboxylic acids is 1. The zero-order chi connectivity index (χ0) is 17.1. The van der Waals surface area contributed by atoms with E-state index in [0.29, 0.717) is 11.3 Å². The Balaban J connectivity index is 2.24. The number of ether oxygens (including phenoxy) is 1. The van der Waals surface area contributed by atoms with E-state index in [9.17, 15) is 19.6 Å². The Hall–Kier alpha value is -3.80. The molecule has 1 aromatic heterocycles. The lowest BCUT2D eigenvalue weighted by atomic mass is 9.70. The Morgan fingerprint density at radius 2 is 1.92 bits per heavy atom. The number of nitrogens with two attached hydrogens (primary N) is 1. The number of nitrogens with zero attached hydrogens (tertiary/aromatic N) is 1. The first-order chi connectivity index (χ1) is 11.5. The number of rotatable bonds is 0. The molecule has 9 nitrogen and oxygen atoms in total. The minimum atomic E-state index is -1.78. The van der Waals surface area contributed by atoms with Gasteiger partial charge in [-0.3, -0.25) is 19.6 Å². The van der Waals surface area contributed by atoms with E-state index in [0.717, 1.165) is 0 Å². The van der Waals surface area contributed by atoms with E-state index in [1.165, 1.54) is 0 Å². The SMILES string of the molecule is N#CC1=C(N)Oc2[nH]c(=O)[nH]c(=O)c2[C@@]12C(=O)Nc1ccccc12. The monoisotopic (exact) mass is 323 g/mol. The van der Waals surface area contributed by atoms with Crippen molar-refractivity contribution >= 4 is 11.6 Å². The van der Waals surface area contributed by atoms with Crippen molar-refractivity contribution in [1.29, 1.82) is 5.26 Å². The van der Waals surface area contributed by atoms with Crippen molar-refractivity contribution in [3.8, 4) is 11.9 Å². The van der Waals surface area contributed by atoms with Crippen LogP contribution in [0.25, 0.3) is 0 Å². The lowest BCUT2D eigenvalue weighted by Crippen LogP contribution is -2.48. The maximum Gasteiger partial charge on any atom is 0.328 e. The van der Waals surface area contributed by atoms with Gasteiger partial charge in [0.05, 0.1) is 0 Å². The molecule has 2 aliphatic heterocycles. The summed E-state index contributed by atoms with van der Waals surface area (Å²) >= 11 is 0. The first-order valence-electron chi connectivity index (χ1n) is 6.86. The largest absolute Gasteiger partial charge is 0.423 e. The molecule has 0 unspecified atom stereocenters. The molecule has 2 aliphatic rings. The second-order valence-corrected chi connectivity index (χ2v) is 5.32. The molecule has 3 heterocycles. The molecular formula is C15H9N5O4. The smallest absolute Gasteiger partial charge is 0.328 e. The van der Waals surface area contributed by atoms with Crippen molar-refractivity contribution in [2.75, 3.05) is 5.32 Å². The molecule has 9 heteroatoms. The number of benzene rings is 1. The Morgan fingerprint density at radius 1 is 1.17 bits per heavy atom. The van der Waals surface area contributed by atoms with Gasteiger partial charge in [0.1, 0.15) is 17.2 Å². The van der Waals surface area contributed by atoms with Gasteiger partial charge in [-0.15, -0.1) is 0 Å². The molecule has 0 saturated heterocycles. The van der Waals surface area contributed by atoms with Crippen LogP contribution in [0.15, 0.2) is 45.3 Å². The number of amides is 1. The fourth-order valence-corrected chi connectivity index (χ4v) is 3.25. The number of hydrogen-bond donors (Lipinski definition) is 4. The summed E-state index contributed by atoms with van der Waals surface area (Å²) in [6, 6.07) is 8.48. The third kappa shape index (κ3) is 1.44. The van der Waals surface area contributed by atoms with E-state index in [4.69, 9.17) is 10.5 Å². The zero-order valence-electron chi connectivity index (χ0n) is 12.0. The van der Waals surface area contributed by atoms with Crippen LogP contribution in [0.4, 0.5) is 5.69 Å². The van der Waals surface area contributed by atoms with E-state index in [-0.39, 0.29) is 22.9 Å². The molecule has 0 bridgehead atoms. The molecule has 1 aromatic carbocycles. The molecule has 0 saturated carbocycles. The van der Waals surface area contributed by atoms with E-state index in [1.54, 1.807) is 24.3 Å². The normalized spacial score (nSPS) is 20.9. The van der Waals surface area contributed by atoms with Crippen molar-refractivity contribution in [2.24, 2.45) is 5.73 Å². The number of H-pyrrole nitrogens is 2. The summed E-state index contributed by atoms with van der Waals surface area (Å²) in [5.74, 6) is -1.23. The lowest BCUT2D eigenvalue weighted by molar-refractivity contribution is -0.118. The maximum atomic E-state index is 12.9. The highest BCUT2D eigenvalue weighted by Crippen LogP contribution is 2.50. The highest BCUT2D eigenvalue weighted by atomic mass is 16.5. The van der Waals surface area contributed by atoms with Crippen LogP contribution in [0, 0.1) is 11.3 Å². The molecule has 118 valence electrons. The molecule has 24 heavy (non-hydrogen) atoms. The molecule has 1 spiro atoms. The van der Waals surface area contributed by atoms with Gasteiger partial charge in [0, 0.05) is 11.3 Å². The van der Waals surface area contributed by atoms with Gasteiger partial charge < -0.3 is 15.8 Å². The van der Waals surface area contributed by atoms with E-state index in [1.807, 2.05) is 6.07 Å². The van der Waals surface area contributed by atoms with Crippen LogP contribution in [0.3, 0.4) is 0 Å². The van der Waals surface area contributed by atoms with Crippen molar-refractivity contribution in [2.45, 2.75) is 5.41 Å². The fourth-order valence-electron chi connectivity index (χ4n) is 3.25. The number of nitriles is 1. The molecular weight excluding hydrogens is 314 g/mol. The number of anilines is 1. The number of hydrogen-bond acceptors (Lipinski definition) is 6. The Labute approximate surface area is 133 Å². The predicted molar refractivity (Wildman–Crippen MR) is 81.0 cm³/mol. The van der Waals surface area contributed by atoms with E-state index in [2.05, 4.69) is 15.3 Å². The van der Waals surface area contributed by atoms with E-state index < -0.39 is 22.6 Å². The Bertz CT molecular complexity index is 1100. The van der Waals surface area contributed by atoms with Crippen molar-refractivity contribution < 1.29 is 9.53 Å². The average Bonchev–Trinajstić information content (AvgIpc) is 2.80. The summed E-state index contributed by atoms with van der Waals surface area (Å²) in [7, 11) is 0. The second-order valence-electron chi connectivity index (χ2n) is 5.32. The first kappa shape index (κ1) is 13.8. The van der Waals surface area contributed by atoms with Crippen LogP contribution in [0.1, 0.15) is 11.1 Å². The first-order valence-corrected chi connectivity index (χ1v) is 6.86. The minimum absolute atomic E-state index is 0.185. The second kappa shape index (κ2) is 4.36. The quantitative estimate of drug-likeness (QED) is 0.507. The fraction of sp³-hybridized carbons (Fsp3) is 0.0667. The van der Waals surface area contributed by atoms with Gasteiger partial charge in [0.2, 0.25) is 17.7 Å². The Kier molecular flexibility index (Phi) is 2.51. The summed E-state index contributed by atoms with van der Waals surface area (Å²) in [6.45, 7) is 0. The number of para-hydroxylation sites is 1. The number of nitrogens with one attached hydrogen (secondary N) is 3. The van der Waals surface area contributed by atoms with Crippen molar-refractivity contribution in [3.63, 3.8) is 0 Å². The molecule has 0 aliphatic carbocycles. The molecule has 2 aromatic rings. The van der Waals surface area contributed by atoms with Crippen LogP contribution in [-0.2, 0) is 10.2 Å². The molecule has 5 N–H and O–H groups in total. The minimum Gasteiger partial charge on any atom is -0.423 e. The van der Waals surface area contributed by atoms with Crippen molar-refractivity contribution in [3.05, 3.63) is 67.7 Å². The van der Waals surface area contributed by atoms with Gasteiger partial charge in [-0.1, -0.05) is 18.2 Å². The van der Waals surface area contributed by atoms with Gasteiger partial charge in [-0.25, -0.2) is 4.79 Å². The highest BCUT2D eigenvalue weighted by Gasteiger charge is 2.58. The molecule has 0 radical (unpaired) electrons. The summed E-state index contributed by atoms with van der Waals surface area (Å²) in [6.07, 6.45) is 0. The van der Waals surface area contributed by atoms with Crippen LogP contribution < -0.4 is 27.0 Å². The van der Waals surface area contributed by atoms with Gasteiger partial charge >= 0.3 is 5.69 Å². The third-order valence-electron chi connectivity index (χ3n) is 4.15. The molecule has 1 atom stereocenters. The summed E-state index contributed by atoms with van der Waals surface area (Å²) in [5.41, 5.74) is 2.81. The zero-order valence-corrected chi connectivity index (χ0v) is 12.0. The van der Waals surface area contributed by atoms with Crippen molar-refractivity contribution in [1.82, 2.24) is 9.97 Å². The van der Waals surface area contributed by atoms with Crippen LogP contribution in [-0.4, -0.2) is 15.9 Å².